The van der Waals surface area contributed by atoms with Gasteiger partial charge in [0.05, 0.1) is 4.90 Å². The fourth-order valence-electron chi connectivity index (χ4n) is 3.47. The number of benzene rings is 3. The van der Waals surface area contributed by atoms with E-state index in [0.717, 1.165) is 22.3 Å². The van der Waals surface area contributed by atoms with Crippen molar-refractivity contribution in [2.24, 2.45) is 5.14 Å². The van der Waals surface area contributed by atoms with Crippen LogP contribution in [0, 0.1) is 13.8 Å². The number of nitrogens with two attached hydrogens (primary N) is 1. The zero-order chi connectivity index (χ0) is 21.3. The lowest BCUT2D eigenvalue weighted by Gasteiger charge is -2.09. The fraction of sp³-hybridized carbons (Fsp3) is 0.125. The van der Waals surface area contributed by atoms with Crippen molar-refractivity contribution < 1.29 is 12.8 Å². The summed E-state index contributed by atoms with van der Waals surface area (Å²) in [6.45, 7) is 3.99. The number of oxazole rings is 1. The molecular weight excluding hydrogens is 396 g/mol. The lowest BCUT2D eigenvalue weighted by Crippen LogP contribution is -2.13. The number of hydrogen-bond donors (Lipinski definition) is 1. The monoisotopic (exact) mass is 418 g/mol. The van der Waals surface area contributed by atoms with Gasteiger partial charge in [0.25, 0.3) is 0 Å². The summed E-state index contributed by atoms with van der Waals surface area (Å²) in [6, 6.07) is 22.5. The van der Waals surface area contributed by atoms with E-state index in [-0.39, 0.29) is 4.90 Å². The SMILES string of the molecule is Cc1ccc(C)c(-c2oc(Cc3ccccc3)nc2-c2ccccc2S(N)(=O)=O)c1. The van der Waals surface area contributed by atoms with Crippen LogP contribution in [0.2, 0.25) is 0 Å². The molecule has 5 nitrogen and oxygen atoms in total. The van der Waals surface area contributed by atoms with Crippen LogP contribution < -0.4 is 5.14 Å². The molecule has 6 heteroatoms. The van der Waals surface area contributed by atoms with Gasteiger partial charge in [0, 0.05) is 17.5 Å². The standard InChI is InChI=1S/C24H22N2O3S/c1-16-12-13-17(2)20(14-16)24-23(19-10-6-7-11-21(19)30(25,27)28)26-22(29-24)15-18-8-4-3-5-9-18/h3-14H,15H2,1-2H3,(H2,25,27,28). The number of sulfonamides is 1. The summed E-state index contributed by atoms with van der Waals surface area (Å²) < 4.78 is 30.6. The molecule has 0 amide bonds. The first-order valence-electron chi connectivity index (χ1n) is 9.56. The smallest absolute Gasteiger partial charge is 0.238 e. The number of aromatic nitrogens is 1. The minimum atomic E-state index is -3.93. The molecule has 0 aliphatic carbocycles. The van der Waals surface area contributed by atoms with Crippen LogP contribution in [-0.4, -0.2) is 13.4 Å². The van der Waals surface area contributed by atoms with Crippen molar-refractivity contribution in [1.82, 2.24) is 4.98 Å². The van der Waals surface area contributed by atoms with Crippen LogP contribution in [0.15, 0.2) is 82.1 Å². The van der Waals surface area contributed by atoms with Gasteiger partial charge in [-0.2, -0.15) is 0 Å². The van der Waals surface area contributed by atoms with Crippen LogP contribution in [0.25, 0.3) is 22.6 Å². The van der Waals surface area contributed by atoms with Gasteiger partial charge < -0.3 is 4.42 Å². The Kier molecular flexibility index (Phi) is 5.28. The van der Waals surface area contributed by atoms with Crippen LogP contribution >= 0.6 is 0 Å². The predicted molar refractivity (Wildman–Crippen MR) is 117 cm³/mol. The zero-order valence-electron chi connectivity index (χ0n) is 16.8. The molecule has 0 spiro atoms. The van der Waals surface area contributed by atoms with Gasteiger partial charge in [-0.1, -0.05) is 66.2 Å². The maximum atomic E-state index is 12.2. The van der Waals surface area contributed by atoms with Crippen molar-refractivity contribution in [3.63, 3.8) is 0 Å². The maximum absolute atomic E-state index is 12.2. The molecule has 3 aromatic carbocycles. The molecule has 152 valence electrons. The molecule has 4 rings (SSSR count). The van der Waals surface area contributed by atoms with Gasteiger partial charge in [-0.05, 0) is 37.1 Å². The van der Waals surface area contributed by atoms with Crippen LogP contribution in [0.4, 0.5) is 0 Å². The number of hydrogen-bond acceptors (Lipinski definition) is 4. The number of primary sulfonamides is 1. The average molecular weight is 419 g/mol. The molecule has 1 heterocycles. The number of nitrogens with zero attached hydrogens (tertiary/aromatic N) is 1. The van der Waals surface area contributed by atoms with E-state index in [0.29, 0.717) is 29.3 Å². The highest BCUT2D eigenvalue weighted by atomic mass is 32.2. The molecular formula is C24H22N2O3S. The second kappa shape index (κ2) is 7.89. The maximum Gasteiger partial charge on any atom is 0.238 e. The van der Waals surface area contributed by atoms with E-state index in [4.69, 9.17) is 14.5 Å². The van der Waals surface area contributed by atoms with E-state index in [1.165, 1.54) is 6.07 Å². The second-order valence-electron chi connectivity index (χ2n) is 7.31. The summed E-state index contributed by atoms with van der Waals surface area (Å²) in [6.07, 6.45) is 0.496. The van der Waals surface area contributed by atoms with E-state index < -0.39 is 10.0 Å². The first-order valence-corrected chi connectivity index (χ1v) is 11.1. The van der Waals surface area contributed by atoms with E-state index >= 15 is 0 Å². The van der Waals surface area contributed by atoms with Crippen LogP contribution in [-0.2, 0) is 16.4 Å². The zero-order valence-corrected chi connectivity index (χ0v) is 17.6. The topological polar surface area (TPSA) is 86.2 Å². The minimum absolute atomic E-state index is 0.0242. The summed E-state index contributed by atoms with van der Waals surface area (Å²) in [5, 5.41) is 5.48. The molecule has 0 fully saturated rings. The third-order valence-corrected chi connectivity index (χ3v) is 5.93. The first kappa shape index (κ1) is 20.1. The first-order chi connectivity index (χ1) is 14.3. The molecule has 0 saturated carbocycles. The fourth-order valence-corrected chi connectivity index (χ4v) is 4.21. The highest BCUT2D eigenvalue weighted by Gasteiger charge is 2.24. The molecule has 0 unspecified atom stereocenters. The largest absolute Gasteiger partial charge is 0.440 e. The Morgan fingerprint density at radius 3 is 2.33 bits per heavy atom. The summed E-state index contributed by atoms with van der Waals surface area (Å²) >= 11 is 0. The quantitative estimate of drug-likeness (QED) is 0.501. The van der Waals surface area contributed by atoms with Crippen molar-refractivity contribution in [2.75, 3.05) is 0 Å². The van der Waals surface area contributed by atoms with Gasteiger partial charge >= 0.3 is 0 Å². The van der Waals surface area contributed by atoms with Crippen molar-refractivity contribution in [3.05, 3.63) is 95.4 Å². The normalized spacial score (nSPS) is 11.6. The van der Waals surface area contributed by atoms with Crippen LogP contribution in [0.3, 0.4) is 0 Å². The highest BCUT2D eigenvalue weighted by Crippen LogP contribution is 2.37. The van der Waals surface area contributed by atoms with Crippen LogP contribution in [0.5, 0.6) is 0 Å². The van der Waals surface area contributed by atoms with Crippen LogP contribution in [0.1, 0.15) is 22.6 Å². The van der Waals surface area contributed by atoms with Gasteiger partial charge in [-0.25, -0.2) is 18.5 Å². The minimum Gasteiger partial charge on any atom is -0.440 e. The lowest BCUT2D eigenvalue weighted by molar-refractivity contribution is 0.519. The van der Waals surface area contributed by atoms with Crippen molar-refractivity contribution in [1.29, 1.82) is 0 Å². The Bertz CT molecular complexity index is 1310. The Hall–Kier alpha value is -3.22. The molecule has 0 aliphatic rings. The van der Waals surface area contributed by atoms with E-state index in [9.17, 15) is 8.42 Å². The predicted octanol–water partition coefficient (Wildman–Crippen LogP) is 4.86. The van der Waals surface area contributed by atoms with Crippen molar-refractivity contribution in [3.8, 4) is 22.6 Å². The molecule has 30 heavy (non-hydrogen) atoms. The number of aryl methyl sites for hydroxylation is 2. The summed E-state index contributed by atoms with van der Waals surface area (Å²) in [4.78, 5) is 4.73. The van der Waals surface area contributed by atoms with E-state index in [1.807, 2.05) is 62.4 Å². The molecule has 0 bridgehead atoms. The molecule has 0 radical (unpaired) electrons. The number of rotatable bonds is 5. The molecule has 0 atom stereocenters. The highest BCUT2D eigenvalue weighted by molar-refractivity contribution is 7.89. The lowest BCUT2D eigenvalue weighted by atomic mass is 10.00. The third kappa shape index (κ3) is 4.06. The Labute approximate surface area is 176 Å². The molecule has 0 aliphatic heterocycles. The average Bonchev–Trinajstić information content (AvgIpc) is 3.13. The molecule has 0 saturated heterocycles. The Balaban J connectivity index is 1.95. The van der Waals surface area contributed by atoms with Gasteiger partial charge in [0.1, 0.15) is 5.69 Å². The summed E-state index contributed by atoms with van der Waals surface area (Å²) in [5.74, 6) is 1.05. The molecule has 2 N–H and O–H groups in total. The Morgan fingerprint density at radius 2 is 1.60 bits per heavy atom. The second-order valence-corrected chi connectivity index (χ2v) is 8.84. The van der Waals surface area contributed by atoms with Gasteiger partial charge in [0.2, 0.25) is 10.0 Å². The summed E-state index contributed by atoms with van der Waals surface area (Å²) in [5.41, 5.74) is 4.91. The van der Waals surface area contributed by atoms with Gasteiger partial charge in [-0.3, -0.25) is 0 Å². The molecule has 4 aromatic rings. The van der Waals surface area contributed by atoms with Gasteiger partial charge in [0.15, 0.2) is 11.7 Å². The third-order valence-electron chi connectivity index (χ3n) is 4.96. The van der Waals surface area contributed by atoms with Gasteiger partial charge in [-0.15, -0.1) is 0 Å². The summed E-state index contributed by atoms with van der Waals surface area (Å²) in [7, 11) is -3.93. The van der Waals surface area contributed by atoms with E-state index in [1.54, 1.807) is 18.2 Å². The molecule has 1 aromatic heterocycles. The van der Waals surface area contributed by atoms with Crippen molar-refractivity contribution >= 4 is 10.0 Å². The van der Waals surface area contributed by atoms with E-state index in [2.05, 4.69) is 0 Å². The van der Waals surface area contributed by atoms with Crippen molar-refractivity contribution in [2.45, 2.75) is 25.2 Å². The Morgan fingerprint density at radius 1 is 0.900 bits per heavy atom.